The number of hydrogen-bond donors (Lipinski definition) is 2. The van der Waals surface area contributed by atoms with Crippen LogP contribution < -0.4 is 11.2 Å². The zero-order valence-corrected chi connectivity index (χ0v) is 7.52. The van der Waals surface area contributed by atoms with Gasteiger partial charge in [-0.1, -0.05) is 0 Å². The van der Waals surface area contributed by atoms with Crippen molar-refractivity contribution in [1.29, 1.82) is 0 Å². The molecule has 0 aliphatic heterocycles. The standard InChI is InChI=1S/C6H13N3OS/c1-5(10-2)3-4-8-9-6(7)11/h4-5H,3H2,1-2H3,(H3,7,9,11)/b8-4-. The van der Waals surface area contributed by atoms with Crippen LogP contribution in [-0.4, -0.2) is 24.5 Å². The Kier molecular flexibility index (Phi) is 5.68. The third-order valence-corrected chi connectivity index (χ3v) is 1.20. The molecule has 0 bridgehead atoms. The largest absolute Gasteiger partial charge is 0.381 e. The van der Waals surface area contributed by atoms with Crippen LogP contribution in [0.1, 0.15) is 13.3 Å². The highest BCUT2D eigenvalue weighted by Crippen LogP contribution is 1.90. The molecule has 0 spiro atoms. The lowest BCUT2D eigenvalue weighted by atomic mass is 10.3. The summed E-state index contributed by atoms with van der Waals surface area (Å²) in [5, 5.41) is 3.91. The van der Waals surface area contributed by atoms with Gasteiger partial charge in [-0.15, -0.1) is 0 Å². The van der Waals surface area contributed by atoms with E-state index in [0.717, 1.165) is 6.42 Å². The summed E-state index contributed by atoms with van der Waals surface area (Å²) in [6.07, 6.45) is 2.59. The van der Waals surface area contributed by atoms with E-state index >= 15 is 0 Å². The minimum atomic E-state index is 0.173. The number of nitrogens with zero attached hydrogens (tertiary/aromatic N) is 1. The first-order chi connectivity index (χ1) is 5.16. The predicted molar refractivity (Wildman–Crippen MR) is 49.5 cm³/mol. The van der Waals surface area contributed by atoms with Gasteiger partial charge in [0.05, 0.1) is 6.10 Å². The molecule has 0 aliphatic rings. The molecule has 0 saturated carbocycles. The summed E-state index contributed by atoms with van der Waals surface area (Å²) < 4.78 is 4.97. The molecule has 0 heterocycles. The maximum absolute atomic E-state index is 5.12. The molecular weight excluding hydrogens is 162 g/mol. The summed E-state index contributed by atoms with van der Waals surface area (Å²) in [4.78, 5) is 0. The SMILES string of the molecule is COC(C)C/C=N\NC(N)=S. The zero-order chi connectivity index (χ0) is 8.69. The van der Waals surface area contributed by atoms with Gasteiger partial charge in [0.15, 0.2) is 5.11 Å². The van der Waals surface area contributed by atoms with Crippen LogP contribution >= 0.6 is 12.2 Å². The molecule has 3 N–H and O–H groups in total. The van der Waals surface area contributed by atoms with Crippen LogP contribution in [0, 0.1) is 0 Å². The summed E-state index contributed by atoms with van der Waals surface area (Å²) in [6.45, 7) is 1.95. The normalized spacial score (nSPS) is 13.3. The lowest BCUT2D eigenvalue weighted by molar-refractivity contribution is 0.125. The summed E-state index contributed by atoms with van der Waals surface area (Å²) >= 11 is 4.52. The zero-order valence-electron chi connectivity index (χ0n) is 6.70. The molecule has 0 amide bonds. The number of thiocarbonyl (C=S) groups is 1. The lowest BCUT2D eigenvalue weighted by Crippen LogP contribution is -2.24. The number of rotatable bonds is 4. The number of nitrogens with two attached hydrogens (primary N) is 1. The average molecular weight is 175 g/mol. The average Bonchev–Trinajstić information content (AvgIpc) is 1.97. The molecule has 11 heavy (non-hydrogen) atoms. The van der Waals surface area contributed by atoms with Gasteiger partial charge >= 0.3 is 0 Å². The topological polar surface area (TPSA) is 59.6 Å². The van der Waals surface area contributed by atoms with E-state index in [0.29, 0.717) is 0 Å². The van der Waals surface area contributed by atoms with Crippen molar-refractivity contribution in [3.05, 3.63) is 0 Å². The van der Waals surface area contributed by atoms with Gasteiger partial charge in [0.1, 0.15) is 0 Å². The van der Waals surface area contributed by atoms with Crippen LogP contribution in [0.5, 0.6) is 0 Å². The molecule has 0 aromatic carbocycles. The molecule has 0 aromatic heterocycles. The lowest BCUT2D eigenvalue weighted by Gasteiger charge is -2.03. The summed E-state index contributed by atoms with van der Waals surface area (Å²) in [5.74, 6) is 0. The van der Waals surface area contributed by atoms with Gasteiger partial charge < -0.3 is 10.5 Å². The van der Waals surface area contributed by atoms with E-state index in [9.17, 15) is 0 Å². The van der Waals surface area contributed by atoms with Crippen LogP contribution in [0.2, 0.25) is 0 Å². The first kappa shape index (κ1) is 10.3. The Morgan fingerprint density at radius 2 is 2.55 bits per heavy atom. The van der Waals surface area contributed by atoms with Gasteiger partial charge in [-0.3, -0.25) is 5.43 Å². The number of methoxy groups -OCH3 is 1. The fourth-order valence-corrected chi connectivity index (χ4v) is 0.459. The van der Waals surface area contributed by atoms with Gasteiger partial charge in [-0.25, -0.2) is 0 Å². The number of hydrazone groups is 1. The van der Waals surface area contributed by atoms with Crippen molar-refractivity contribution >= 4 is 23.5 Å². The fraction of sp³-hybridized carbons (Fsp3) is 0.667. The third-order valence-electron chi connectivity index (χ3n) is 1.11. The number of ether oxygens (including phenoxy) is 1. The van der Waals surface area contributed by atoms with E-state index in [1.165, 1.54) is 0 Å². The maximum atomic E-state index is 5.12. The monoisotopic (exact) mass is 175 g/mol. The van der Waals surface area contributed by atoms with Gasteiger partial charge in [0, 0.05) is 19.7 Å². The van der Waals surface area contributed by atoms with Crippen molar-refractivity contribution in [3.8, 4) is 0 Å². The van der Waals surface area contributed by atoms with Crippen LogP contribution in [0.25, 0.3) is 0 Å². The van der Waals surface area contributed by atoms with E-state index in [4.69, 9.17) is 10.5 Å². The van der Waals surface area contributed by atoms with Gasteiger partial charge in [0.25, 0.3) is 0 Å². The van der Waals surface area contributed by atoms with Crippen molar-refractivity contribution < 1.29 is 4.74 Å². The Morgan fingerprint density at radius 1 is 1.91 bits per heavy atom. The first-order valence-electron chi connectivity index (χ1n) is 3.26. The number of nitrogens with one attached hydrogen (secondary N) is 1. The molecule has 0 radical (unpaired) electrons. The van der Waals surface area contributed by atoms with E-state index in [2.05, 4.69) is 22.7 Å². The predicted octanol–water partition coefficient (Wildman–Crippen LogP) is 0.230. The fourth-order valence-electron chi connectivity index (χ4n) is 0.407. The molecular formula is C6H13N3OS. The molecule has 64 valence electrons. The van der Waals surface area contributed by atoms with Crippen LogP contribution in [0.4, 0.5) is 0 Å². The Bertz CT molecular complexity index is 149. The molecule has 4 nitrogen and oxygen atoms in total. The van der Waals surface area contributed by atoms with Crippen molar-refractivity contribution in [2.45, 2.75) is 19.4 Å². The van der Waals surface area contributed by atoms with E-state index < -0.39 is 0 Å². The first-order valence-corrected chi connectivity index (χ1v) is 3.67. The quantitative estimate of drug-likeness (QED) is 0.365. The molecule has 0 fully saturated rings. The van der Waals surface area contributed by atoms with Gasteiger partial charge in [-0.05, 0) is 19.1 Å². The molecule has 0 rings (SSSR count). The van der Waals surface area contributed by atoms with E-state index in [1.54, 1.807) is 13.3 Å². The minimum Gasteiger partial charge on any atom is -0.381 e. The Morgan fingerprint density at radius 3 is 3.00 bits per heavy atom. The van der Waals surface area contributed by atoms with E-state index in [-0.39, 0.29) is 11.2 Å². The van der Waals surface area contributed by atoms with Crippen LogP contribution in [0.15, 0.2) is 5.10 Å². The summed E-state index contributed by atoms with van der Waals surface area (Å²) in [7, 11) is 1.65. The highest BCUT2D eigenvalue weighted by Gasteiger charge is 1.93. The van der Waals surface area contributed by atoms with Crippen molar-refractivity contribution in [3.63, 3.8) is 0 Å². The van der Waals surface area contributed by atoms with Crippen molar-refractivity contribution in [2.75, 3.05) is 7.11 Å². The smallest absolute Gasteiger partial charge is 0.184 e. The second kappa shape index (κ2) is 6.06. The van der Waals surface area contributed by atoms with Crippen LogP contribution in [-0.2, 0) is 4.74 Å². The molecule has 1 atom stereocenters. The van der Waals surface area contributed by atoms with Gasteiger partial charge in [-0.2, -0.15) is 5.10 Å². The number of hydrogen-bond acceptors (Lipinski definition) is 3. The Balaban J connectivity index is 3.36. The maximum Gasteiger partial charge on any atom is 0.184 e. The molecule has 0 aromatic rings. The summed E-state index contributed by atoms with van der Waals surface area (Å²) in [5.41, 5.74) is 7.57. The molecule has 0 aliphatic carbocycles. The highest BCUT2D eigenvalue weighted by atomic mass is 32.1. The summed E-state index contributed by atoms with van der Waals surface area (Å²) in [6, 6.07) is 0. The second-order valence-electron chi connectivity index (χ2n) is 2.07. The molecule has 1 unspecified atom stereocenters. The molecule has 5 heteroatoms. The van der Waals surface area contributed by atoms with Crippen LogP contribution in [0.3, 0.4) is 0 Å². The second-order valence-corrected chi connectivity index (χ2v) is 2.51. The van der Waals surface area contributed by atoms with Crippen molar-refractivity contribution in [1.82, 2.24) is 5.43 Å². The van der Waals surface area contributed by atoms with Crippen molar-refractivity contribution in [2.24, 2.45) is 10.8 Å². The third kappa shape index (κ3) is 7.21. The highest BCUT2D eigenvalue weighted by molar-refractivity contribution is 7.80. The molecule has 0 saturated heterocycles. The Hall–Kier alpha value is -0.680. The van der Waals surface area contributed by atoms with E-state index in [1.807, 2.05) is 6.92 Å². The van der Waals surface area contributed by atoms with Gasteiger partial charge in [0.2, 0.25) is 0 Å². The Labute approximate surface area is 71.8 Å². The minimum absolute atomic E-state index is 0.173.